The van der Waals surface area contributed by atoms with Gasteiger partial charge in [0.2, 0.25) is 0 Å². The first-order chi connectivity index (χ1) is 45.1. The number of nitrogens with zero attached hydrogens (tertiary/aromatic N) is 4. The van der Waals surface area contributed by atoms with Gasteiger partial charge in [0.15, 0.2) is 0 Å². The molecule has 14 aromatic carbocycles. The first-order valence-corrected chi connectivity index (χ1v) is 31.1. The van der Waals surface area contributed by atoms with Crippen LogP contribution in [0.25, 0.3) is 149 Å². The van der Waals surface area contributed by atoms with Gasteiger partial charge < -0.3 is 18.1 Å². The van der Waals surface area contributed by atoms with Gasteiger partial charge in [-0.25, -0.2) is 0 Å². The van der Waals surface area contributed by atoms with Crippen LogP contribution >= 0.6 is 0 Å². The summed E-state index contributed by atoms with van der Waals surface area (Å²) in [6.07, 6.45) is 0. The van der Waals surface area contributed by atoms with Crippen molar-refractivity contribution in [2.24, 2.45) is 0 Å². The molecule has 4 aromatic heterocycles. The summed E-state index contributed by atoms with van der Waals surface area (Å²) in [7, 11) is 0. The normalized spacial score (nSPS) is 12.7. The van der Waals surface area contributed by atoms with Gasteiger partial charge in [0, 0.05) is 66.1 Å². The average Bonchev–Trinajstić information content (AvgIpc) is 2.11. The Bertz CT molecular complexity index is 5970. The third-order valence-corrected chi connectivity index (χ3v) is 18.8. The zero-order chi connectivity index (χ0) is 60.1. The van der Waals surface area contributed by atoms with Gasteiger partial charge in [-0.15, -0.1) is 0 Å². The molecule has 5 heteroatoms. The van der Waals surface area contributed by atoms with E-state index in [2.05, 4.69) is 311 Å². The van der Waals surface area contributed by atoms with E-state index in [0.717, 1.165) is 38.9 Å². The van der Waals surface area contributed by atoms with Crippen LogP contribution in [-0.2, 0) is 0 Å². The monoisotopic (exact) mass is 1160 g/mol. The molecule has 1 aliphatic carbocycles. The molecule has 1 aliphatic rings. The molecule has 0 saturated heterocycles. The van der Waals surface area contributed by atoms with Gasteiger partial charge in [-0.1, -0.05) is 200 Å². The highest BCUT2D eigenvalue weighted by atomic mass is 16.3. The quantitative estimate of drug-likeness (QED) is 0.160. The smallest absolute Gasteiger partial charge is 0.135 e. The molecule has 1 atom stereocenters. The van der Waals surface area contributed by atoms with E-state index in [1.807, 2.05) is 30.3 Å². The van der Waals surface area contributed by atoms with Gasteiger partial charge in [-0.2, -0.15) is 5.26 Å². The summed E-state index contributed by atoms with van der Waals surface area (Å²) >= 11 is 0. The molecule has 424 valence electrons. The van der Waals surface area contributed by atoms with Crippen LogP contribution in [-0.4, -0.2) is 13.7 Å². The summed E-state index contributed by atoms with van der Waals surface area (Å²) in [5.41, 5.74) is 26.7. The van der Waals surface area contributed by atoms with Crippen molar-refractivity contribution in [3.8, 4) is 67.6 Å². The van der Waals surface area contributed by atoms with Gasteiger partial charge in [0.1, 0.15) is 11.2 Å². The highest BCUT2D eigenvalue weighted by Crippen LogP contribution is 2.50. The van der Waals surface area contributed by atoms with Gasteiger partial charge in [-0.05, 0) is 183 Å². The lowest BCUT2D eigenvalue weighted by Gasteiger charge is -2.15. The number of rotatable bonds is 7. The molecule has 0 aliphatic heterocycles. The van der Waals surface area contributed by atoms with Crippen LogP contribution in [0.2, 0.25) is 0 Å². The van der Waals surface area contributed by atoms with Crippen molar-refractivity contribution in [3.05, 3.63) is 344 Å². The molecule has 5 nitrogen and oxygen atoms in total. The third-order valence-electron chi connectivity index (χ3n) is 18.8. The van der Waals surface area contributed by atoms with Crippen molar-refractivity contribution in [2.45, 2.75) is 5.92 Å². The maximum atomic E-state index is 9.57. The number of aromatic nitrogens is 3. The Kier molecular flexibility index (Phi) is 12.0. The van der Waals surface area contributed by atoms with E-state index < -0.39 is 0 Å². The van der Waals surface area contributed by atoms with Gasteiger partial charge >= 0.3 is 0 Å². The first kappa shape index (κ1) is 51.9. The second-order valence-electron chi connectivity index (χ2n) is 23.8. The molecule has 0 radical (unpaired) electrons. The second-order valence-corrected chi connectivity index (χ2v) is 23.8. The average molecular weight is 1160 g/mol. The zero-order valence-electron chi connectivity index (χ0n) is 49.4. The minimum Gasteiger partial charge on any atom is -0.456 e. The molecule has 19 rings (SSSR count). The summed E-state index contributed by atoms with van der Waals surface area (Å²) in [6.45, 7) is 0. The molecule has 0 fully saturated rings. The number of para-hydroxylation sites is 5. The highest BCUT2D eigenvalue weighted by molar-refractivity contribution is 6.14. The third kappa shape index (κ3) is 8.46. The zero-order valence-corrected chi connectivity index (χ0v) is 49.4. The maximum absolute atomic E-state index is 9.57. The van der Waals surface area contributed by atoms with E-state index in [1.165, 1.54) is 127 Å². The lowest BCUT2D eigenvalue weighted by molar-refractivity contribution is 0.669. The van der Waals surface area contributed by atoms with Crippen LogP contribution in [0.4, 0.5) is 0 Å². The second kappa shape index (κ2) is 21.0. The standard InChI is InChI=1S/C44H28N2.C42H26N2O/c45-28-29-9-8-12-34(25-29)44-38-15-5-4-13-36(38)40-26-32(19-23-39(40)44)33-20-24-43-41(27-33)37-14-6-7-16-42(37)46(43)35-21-17-31(18-22-35)30-10-2-1-3-11-30;1-2-10-29(11-3-1)43-37-15-7-4-12-31(37)34-24-27(18-21-39(34)43)28-19-22-40-35(25-28)32-13-5-8-16-38(32)44(40)30-20-23-42-36(26-30)33-14-6-9-17-41(33)45-42/h1-27,44H;1-26H. The van der Waals surface area contributed by atoms with E-state index in [1.54, 1.807) is 0 Å². The number of fused-ring (bicyclic) bond motifs is 15. The van der Waals surface area contributed by atoms with Crippen molar-refractivity contribution in [1.29, 1.82) is 5.26 Å². The summed E-state index contributed by atoms with van der Waals surface area (Å²) in [5, 5.41) is 19.3. The Hall–Kier alpha value is -12.2. The van der Waals surface area contributed by atoms with Crippen LogP contribution < -0.4 is 0 Å². The van der Waals surface area contributed by atoms with Crippen molar-refractivity contribution < 1.29 is 4.42 Å². The molecule has 91 heavy (non-hydrogen) atoms. The van der Waals surface area contributed by atoms with Crippen LogP contribution in [0, 0.1) is 11.3 Å². The van der Waals surface area contributed by atoms with E-state index in [0.29, 0.717) is 5.56 Å². The number of hydrogen-bond acceptors (Lipinski definition) is 2. The minimum absolute atomic E-state index is 0.113. The number of hydrogen-bond donors (Lipinski definition) is 0. The van der Waals surface area contributed by atoms with E-state index >= 15 is 0 Å². The molecule has 18 aromatic rings. The lowest BCUT2D eigenvalue weighted by Crippen LogP contribution is -1.99. The molecule has 4 heterocycles. The lowest BCUT2D eigenvalue weighted by atomic mass is 9.88. The number of nitriles is 1. The molecule has 0 saturated carbocycles. The highest BCUT2D eigenvalue weighted by Gasteiger charge is 2.30. The largest absolute Gasteiger partial charge is 0.456 e. The molecule has 0 amide bonds. The summed E-state index contributed by atoms with van der Waals surface area (Å²) in [5.74, 6) is 0.113. The van der Waals surface area contributed by atoms with Crippen LogP contribution in [0.15, 0.2) is 326 Å². The number of benzene rings is 14. The van der Waals surface area contributed by atoms with E-state index in [9.17, 15) is 5.26 Å². The van der Waals surface area contributed by atoms with E-state index in [-0.39, 0.29) is 5.92 Å². The molecular weight excluding hydrogens is 1100 g/mol. The molecule has 0 N–H and O–H groups in total. The van der Waals surface area contributed by atoms with Gasteiger partial charge in [0.05, 0.1) is 44.7 Å². The van der Waals surface area contributed by atoms with Crippen molar-refractivity contribution in [1.82, 2.24) is 13.7 Å². The fourth-order valence-corrected chi connectivity index (χ4v) is 14.7. The topological polar surface area (TPSA) is 51.7 Å². The number of furan rings is 1. The first-order valence-electron chi connectivity index (χ1n) is 31.1. The van der Waals surface area contributed by atoms with Crippen molar-refractivity contribution >= 4 is 87.4 Å². The summed E-state index contributed by atoms with van der Waals surface area (Å²) < 4.78 is 13.3. The predicted molar refractivity (Wildman–Crippen MR) is 377 cm³/mol. The summed E-state index contributed by atoms with van der Waals surface area (Å²) in [4.78, 5) is 0. The van der Waals surface area contributed by atoms with Crippen molar-refractivity contribution in [3.63, 3.8) is 0 Å². The Morgan fingerprint density at radius 3 is 1.32 bits per heavy atom. The fraction of sp³-hybridized carbons (Fsp3) is 0.0116. The Morgan fingerprint density at radius 2 is 0.703 bits per heavy atom. The van der Waals surface area contributed by atoms with E-state index in [4.69, 9.17) is 4.42 Å². The maximum Gasteiger partial charge on any atom is 0.135 e. The van der Waals surface area contributed by atoms with Crippen molar-refractivity contribution in [2.75, 3.05) is 0 Å². The fourth-order valence-electron chi connectivity index (χ4n) is 14.7. The van der Waals surface area contributed by atoms with Crippen LogP contribution in [0.5, 0.6) is 0 Å². The molecule has 0 bridgehead atoms. The summed E-state index contributed by atoms with van der Waals surface area (Å²) in [6, 6.07) is 118. The Morgan fingerprint density at radius 1 is 0.264 bits per heavy atom. The van der Waals surface area contributed by atoms with Gasteiger partial charge in [-0.3, -0.25) is 0 Å². The minimum atomic E-state index is 0.113. The van der Waals surface area contributed by atoms with Gasteiger partial charge in [0.25, 0.3) is 0 Å². The van der Waals surface area contributed by atoms with Crippen LogP contribution in [0.1, 0.15) is 28.2 Å². The molecule has 0 spiro atoms. The Labute approximate surface area is 525 Å². The SMILES string of the molecule is N#Cc1cccc(C2c3ccccc3-c3cc(-c4ccc5c(c4)c4ccccc4n5-c4ccc(-c5ccccc5)cc4)ccc32)c1.c1ccc(-n2c3ccccc3c3cc(-c4ccc5c(c4)c4ccccc4n5-c4ccc5oc6ccccc6c5c4)ccc32)cc1. The predicted octanol–water partition coefficient (Wildman–Crippen LogP) is 22.6. The Balaban J connectivity index is 0.000000135. The van der Waals surface area contributed by atoms with Crippen LogP contribution in [0.3, 0.4) is 0 Å². The molecule has 1 unspecified atom stereocenters. The molecular formula is C86H54N4O.